The fraction of sp³-hybridized carbons (Fsp3) is 0.542. The van der Waals surface area contributed by atoms with E-state index in [0.29, 0.717) is 36.1 Å². The van der Waals surface area contributed by atoms with Crippen molar-refractivity contribution in [2.24, 2.45) is 11.7 Å². The topological polar surface area (TPSA) is 105 Å². The van der Waals surface area contributed by atoms with Crippen LogP contribution in [0.15, 0.2) is 24.4 Å². The molecule has 0 bridgehead atoms. The number of hydrogen-bond donors (Lipinski definition) is 4. The van der Waals surface area contributed by atoms with E-state index >= 15 is 0 Å². The van der Waals surface area contributed by atoms with E-state index < -0.39 is 12.7 Å². The quantitative estimate of drug-likeness (QED) is 0.401. The molecule has 3 atom stereocenters. The Hall–Kier alpha value is -2.59. The number of aryl methyl sites for hydroxylation is 2. The number of fused-ring (bicyclic) bond motifs is 1. The second-order valence-electron chi connectivity index (χ2n) is 9.31. The molecule has 1 saturated carbocycles. The average molecular weight is 511 g/mol. The van der Waals surface area contributed by atoms with E-state index in [-0.39, 0.29) is 23.9 Å². The molecule has 1 aromatic carbocycles. The molecule has 0 radical (unpaired) electrons. The van der Waals surface area contributed by atoms with Crippen LogP contribution in [0.25, 0.3) is 0 Å². The minimum Gasteiger partial charge on any atom is -0.369 e. The van der Waals surface area contributed by atoms with Crippen molar-refractivity contribution in [3.63, 3.8) is 0 Å². The number of anilines is 3. The van der Waals surface area contributed by atoms with E-state index in [9.17, 15) is 18.0 Å². The molecule has 11 heteroatoms. The minimum absolute atomic E-state index is 0.132. The maximum atomic E-state index is 12.6. The minimum atomic E-state index is -4.21. The van der Waals surface area contributed by atoms with Crippen LogP contribution in [0.4, 0.5) is 30.6 Å². The third-order valence-electron chi connectivity index (χ3n) is 6.78. The van der Waals surface area contributed by atoms with Crippen LogP contribution in [0.2, 0.25) is 5.02 Å². The third-order valence-corrected chi connectivity index (χ3v) is 7.05. The van der Waals surface area contributed by atoms with Crippen molar-refractivity contribution in [3.8, 4) is 0 Å². The molecule has 1 unspecified atom stereocenters. The van der Waals surface area contributed by atoms with Gasteiger partial charge >= 0.3 is 6.18 Å². The van der Waals surface area contributed by atoms with E-state index in [0.717, 1.165) is 48.9 Å². The van der Waals surface area contributed by atoms with Gasteiger partial charge in [0.1, 0.15) is 5.02 Å². The Morgan fingerprint density at radius 1 is 1.11 bits per heavy atom. The Morgan fingerprint density at radius 2 is 1.86 bits per heavy atom. The lowest BCUT2D eigenvalue weighted by molar-refractivity contribution is -0.126. The first-order chi connectivity index (χ1) is 16.7. The van der Waals surface area contributed by atoms with Gasteiger partial charge in [-0.1, -0.05) is 30.5 Å². The molecule has 0 saturated heterocycles. The molecule has 35 heavy (non-hydrogen) atoms. The number of carbonyl (C=O) groups excluding carboxylic acids is 1. The van der Waals surface area contributed by atoms with Crippen LogP contribution in [-0.4, -0.2) is 40.7 Å². The molecule has 1 aromatic heterocycles. The standard InChI is InChI=1S/C24H30ClF3N6O/c25-19-12-30-23(34-22(19)33-20-4-2-1-3-18(20)21(29)35)32-17-10-6-14-5-8-16(9-7-15(14)11-17)31-13-24(26,27)28/h6,10-12,16,18,20,31H,1-5,7-9,13H2,(H2,29,35)(H2,30,32,33,34)/t16?,18-,20-/m1/s1. The Bertz CT molecular complexity index is 1050. The summed E-state index contributed by atoms with van der Waals surface area (Å²) in [5.41, 5.74) is 8.61. The summed E-state index contributed by atoms with van der Waals surface area (Å²) in [5, 5.41) is 9.46. The molecule has 5 N–H and O–H groups in total. The average Bonchev–Trinajstić information content (AvgIpc) is 3.01. The van der Waals surface area contributed by atoms with Crippen LogP contribution >= 0.6 is 11.6 Å². The highest BCUT2D eigenvalue weighted by atomic mass is 35.5. The summed E-state index contributed by atoms with van der Waals surface area (Å²) in [4.78, 5) is 20.6. The summed E-state index contributed by atoms with van der Waals surface area (Å²) < 4.78 is 37.7. The highest BCUT2D eigenvalue weighted by Crippen LogP contribution is 2.30. The molecule has 0 aliphatic heterocycles. The fourth-order valence-electron chi connectivity index (χ4n) is 4.93. The lowest BCUT2D eigenvalue weighted by Gasteiger charge is -2.30. The summed E-state index contributed by atoms with van der Waals surface area (Å²) in [6.07, 6.45) is 3.51. The Labute approximate surface area is 207 Å². The summed E-state index contributed by atoms with van der Waals surface area (Å²) >= 11 is 6.32. The zero-order valence-corrected chi connectivity index (χ0v) is 20.1. The first-order valence-electron chi connectivity index (χ1n) is 12.0. The second-order valence-corrected chi connectivity index (χ2v) is 9.72. The summed E-state index contributed by atoms with van der Waals surface area (Å²) in [6, 6.07) is 5.61. The Balaban J connectivity index is 1.42. The van der Waals surface area contributed by atoms with Crippen LogP contribution in [0, 0.1) is 5.92 Å². The normalized spacial score (nSPS) is 22.7. The van der Waals surface area contributed by atoms with Crippen molar-refractivity contribution in [1.29, 1.82) is 0 Å². The van der Waals surface area contributed by atoms with Gasteiger partial charge in [-0.25, -0.2) is 4.98 Å². The van der Waals surface area contributed by atoms with E-state index in [2.05, 4.69) is 25.9 Å². The maximum absolute atomic E-state index is 12.6. The summed E-state index contributed by atoms with van der Waals surface area (Å²) in [5.74, 6) is 0.189. The number of hydrogen-bond acceptors (Lipinski definition) is 6. The van der Waals surface area contributed by atoms with E-state index in [4.69, 9.17) is 17.3 Å². The summed E-state index contributed by atoms with van der Waals surface area (Å²) in [7, 11) is 0. The van der Waals surface area contributed by atoms with Crippen molar-refractivity contribution in [2.75, 3.05) is 17.2 Å². The van der Waals surface area contributed by atoms with Gasteiger partial charge in [-0.3, -0.25) is 4.79 Å². The molecule has 1 fully saturated rings. The van der Waals surface area contributed by atoms with Crippen molar-refractivity contribution >= 4 is 35.0 Å². The highest BCUT2D eigenvalue weighted by Gasteiger charge is 2.30. The van der Waals surface area contributed by atoms with Crippen LogP contribution in [0.3, 0.4) is 0 Å². The van der Waals surface area contributed by atoms with Gasteiger partial charge in [0.05, 0.1) is 18.7 Å². The molecule has 4 rings (SSSR count). The predicted molar refractivity (Wildman–Crippen MR) is 130 cm³/mol. The lowest BCUT2D eigenvalue weighted by atomic mass is 9.84. The van der Waals surface area contributed by atoms with Crippen LogP contribution < -0.4 is 21.7 Å². The smallest absolute Gasteiger partial charge is 0.369 e. The highest BCUT2D eigenvalue weighted by molar-refractivity contribution is 6.32. The van der Waals surface area contributed by atoms with Crippen molar-refractivity contribution in [1.82, 2.24) is 15.3 Å². The number of benzene rings is 1. The summed E-state index contributed by atoms with van der Waals surface area (Å²) in [6.45, 7) is -0.966. The van der Waals surface area contributed by atoms with Gasteiger partial charge in [0.15, 0.2) is 5.82 Å². The number of primary amides is 1. The predicted octanol–water partition coefficient (Wildman–Crippen LogP) is 4.73. The molecular formula is C24H30ClF3N6O. The molecular weight excluding hydrogens is 481 g/mol. The van der Waals surface area contributed by atoms with Gasteiger partial charge in [-0.2, -0.15) is 18.2 Å². The largest absolute Gasteiger partial charge is 0.401 e. The number of carbonyl (C=O) groups is 1. The molecule has 2 aliphatic rings. The van der Waals surface area contributed by atoms with E-state index in [1.54, 1.807) is 0 Å². The number of nitrogens with zero attached hydrogens (tertiary/aromatic N) is 2. The Morgan fingerprint density at radius 3 is 2.60 bits per heavy atom. The SMILES string of the molecule is NC(=O)[C@@H]1CCCC[C@H]1Nc1nc(Nc2ccc3c(c2)CCC(NCC(F)(F)F)CC3)ncc1Cl. The molecule has 1 amide bonds. The van der Waals surface area contributed by atoms with E-state index in [1.807, 2.05) is 18.2 Å². The molecule has 2 aromatic rings. The van der Waals surface area contributed by atoms with Crippen molar-refractivity contribution < 1.29 is 18.0 Å². The molecule has 190 valence electrons. The number of halogens is 4. The first-order valence-corrected chi connectivity index (χ1v) is 12.3. The van der Waals surface area contributed by atoms with Gasteiger partial charge in [0, 0.05) is 17.8 Å². The van der Waals surface area contributed by atoms with E-state index in [1.165, 1.54) is 6.20 Å². The van der Waals surface area contributed by atoms with Crippen LogP contribution in [0.5, 0.6) is 0 Å². The number of aromatic nitrogens is 2. The fourth-order valence-corrected chi connectivity index (χ4v) is 5.07. The number of alkyl halides is 3. The number of nitrogens with one attached hydrogen (secondary N) is 3. The molecule has 0 spiro atoms. The van der Waals surface area contributed by atoms with Gasteiger partial charge in [-0.15, -0.1) is 0 Å². The zero-order valence-electron chi connectivity index (χ0n) is 19.3. The molecule has 2 aliphatic carbocycles. The van der Waals surface area contributed by atoms with Crippen LogP contribution in [0.1, 0.15) is 49.7 Å². The number of nitrogens with two attached hydrogens (primary N) is 1. The van der Waals surface area contributed by atoms with Gasteiger partial charge in [0.2, 0.25) is 11.9 Å². The Kier molecular flexibility index (Phi) is 8.01. The van der Waals surface area contributed by atoms with Gasteiger partial charge in [-0.05, 0) is 61.8 Å². The van der Waals surface area contributed by atoms with Crippen molar-refractivity contribution in [3.05, 3.63) is 40.5 Å². The van der Waals surface area contributed by atoms with Crippen LogP contribution in [-0.2, 0) is 17.6 Å². The number of amides is 1. The third kappa shape index (κ3) is 6.98. The molecule has 7 nitrogen and oxygen atoms in total. The zero-order chi connectivity index (χ0) is 25.0. The van der Waals surface area contributed by atoms with Gasteiger partial charge in [0.25, 0.3) is 0 Å². The lowest BCUT2D eigenvalue weighted by Crippen LogP contribution is -2.40. The first kappa shape index (κ1) is 25.5. The van der Waals surface area contributed by atoms with Gasteiger partial charge < -0.3 is 21.7 Å². The second kappa shape index (κ2) is 11.0. The maximum Gasteiger partial charge on any atom is 0.401 e. The van der Waals surface area contributed by atoms with Crippen molar-refractivity contribution in [2.45, 2.75) is 69.6 Å². The number of rotatable bonds is 7. The monoisotopic (exact) mass is 510 g/mol. The molecule has 1 heterocycles.